The molecule has 0 amide bonds. The lowest BCUT2D eigenvalue weighted by molar-refractivity contribution is -0.100. The van der Waals surface area contributed by atoms with E-state index in [1.54, 1.807) is 0 Å². The summed E-state index contributed by atoms with van der Waals surface area (Å²) in [5.74, 6) is 2.72. The first-order valence-corrected chi connectivity index (χ1v) is 8.53. The molecule has 0 N–H and O–H groups in total. The summed E-state index contributed by atoms with van der Waals surface area (Å²) in [4.78, 5) is 0. The fraction of sp³-hybridized carbons (Fsp3) is 1.00. The maximum atomic E-state index is 5.85. The van der Waals surface area contributed by atoms with Crippen LogP contribution >= 0.6 is 29.3 Å². The molecule has 1 nitrogen and oxygen atoms in total. The van der Waals surface area contributed by atoms with Crippen molar-refractivity contribution in [1.29, 1.82) is 0 Å². The zero-order chi connectivity index (χ0) is 9.76. The zero-order valence-corrected chi connectivity index (χ0v) is 10.5. The van der Waals surface area contributed by atoms with Gasteiger partial charge < -0.3 is 4.52 Å². The molecule has 4 fully saturated rings. The third kappa shape index (κ3) is 1.71. The molecule has 14 heavy (non-hydrogen) atoms. The van der Waals surface area contributed by atoms with Crippen LogP contribution in [0.15, 0.2) is 0 Å². The Morgan fingerprint density at radius 1 is 0.929 bits per heavy atom. The Hall–Kier alpha value is 0.970. The smallest absolute Gasteiger partial charge is 0.226 e. The van der Waals surface area contributed by atoms with Gasteiger partial charge in [0.25, 0.3) is 0 Å². The zero-order valence-electron chi connectivity index (χ0n) is 8.09. The van der Waals surface area contributed by atoms with E-state index in [9.17, 15) is 0 Å². The van der Waals surface area contributed by atoms with Gasteiger partial charge in [0.15, 0.2) is 0 Å². The van der Waals surface area contributed by atoms with Crippen molar-refractivity contribution in [3.63, 3.8) is 0 Å². The summed E-state index contributed by atoms with van der Waals surface area (Å²) in [6.45, 7) is -1.22. The molecule has 0 saturated heterocycles. The molecule has 0 heterocycles. The minimum Gasteiger partial charge on any atom is -0.325 e. The van der Waals surface area contributed by atoms with Gasteiger partial charge in [0.1, 0.15) is 0 Å². The molecule has 0 unspecified atom stereocenters. The van der Waals surface area contributed by atoms with Crippen LogP contribution in [0.2, 0.25) is 0 Å². The van der Waals surface area contributed by atoms with Crippen LogP contribution in [0.5, 0.6) is 0 Å². The van der Waals surface area contributed by atoms with Gasteiger partial charge in [-0.05, 0) is 78.8 Å². The third-order valence-electron chi connectivity index (χ3n) is 4.24. The maximum Gasteiger partial charge on any atom is 0.226 e. The van der Waals surface area contributed by atoms with Crippen LogP contribution in [-0.4, -0.2) is 5.60 Å². The lowest BCUT2D eigenvalue weighted by Gasteiger charge is -2.56. The van der Waals surface area contributed by atoms with Crippen molar-refractivity contribution in [2.45, 2.75) is 44.1 Å². The van der Waals surface area contributed by atoms with Crippen molar-refractivity contribution < 1.29 is 4.52 Å². The average Bonchev–Trinajstić information content (AvgIpc) is 1.96. The van der Waals surface area contributed by atoms with E-state index in [1.165, 1.54) is 38.5 Å². The van der Waals surface area contributed by atoms with E-state index in [-0.39, 0.29) is 5.60 Å². The first kappa shape index (κ1) is 10.1. The molecule has 4 rings (SSSR count). The Balaban J connectivity index is 1.80. The molecule has 80 valence electrons. The van der Waals surface area contributed by atoms with E-state index in [0.29, 0.717) is 0 Å². The van der Waals surface area contributed by atoms with Gasteiger partial charge in [-0.15, -0.1) is 0 Å². The van der Waals surface area contributed by atoms with Crippen molar-refractivity contribution >= 4 is 29.3 Å². The molecule has 0 aliphatic heterocycles. The van der Waals surface area contributed by atoms with E-state index >= 15 is 0 Å². The highest BCUT2D eigenvalue weighted by molar-refractivity contribution is 8.00. The fourth-order valence-corrected chi connectivity index (χ4v) is 5.68. The summed E-state index contributed by atoms with van der Waals surface area (Å²) >= 11 is 11.6. The Labute approximate surface area is 95.9 Å². The lowest BCUT2D eigenvalue weighted by atomic mass is 9.54. The highest BCUT2D eigenvalue weighted by Crippen LogP contribution is 2.63. The van der Waals surface area contributed by atoms with Gasteiger partial charge in [-0.3, -0.25) is 0 Å². The summed E-state index contributed by atoms with van der Waals surface area (Å²) in [6.07, 6.45) is 7.97. The molecular weight excluding hydrogens is 238 g/mol. The first-order chi connectivity index (χ1) is 6.65. The predicted molar refractivity (Wildman–Crippen MR) is 60.6 cm³/mol. The number of hydrogen-bond acceptors (Lipinski definition) is 1. The molecule has 4 heteroatoms. The highest BCUT2D eigenvalue weighted by atomic mass is 35.9. The second-order valence-corrected chi connectivity index (χ2v) is 8.34. The molecule has 0 radical (unpaired) electrons. The van der Waals surface area contributed by atoms with Gasteiger partial charge in [-0.2, -0.15) is 0 Å². The quantitative estimate of drug-likeness (QED) is 0.649. The Morgan fingerprint density at radius 2 is 1.36 bits per heavy atom. The van der Waals surface area contributed by atoms with E-state index in [2.05, 4.69) is 0 Å². The van der Waals surface area contributed by atoms with Gasteiger partial charge in [0.2, 0.25) is 6.85 Å². The largest absolute Gasteiger partial charge is 0.325 e. The van der Waals surface area contributed by atoms with Crippen molar-refractivity contribution in [2.24, 2.45) is 17.8 Å². The molecule has 0 atom stereocenters. The molecule has 4 aliphatic rings. The summed E-state index contributed by atoms with van der Waals surface area (Å²) in [5, 5.41) is 0. The predicted octanol–water partition coefficient (Wildman–Crippen LogP) is 4.68. The normalized spacial score (nSPS) is 50.4. The molecule has 4 bridgehead atoms. The average molecular weight is 253 g/mol. The molecule has 0 aromatic rings. The Morgan fingerprint density at radius 3 is 1.71 bits per heavy atom. The number of rotatable bonds is 2. The second-order valence-electron chi connectivity index (χ2n) is 5.39. The first-order valence-electron chi connectivity index (χ1n) is 5.46. The van der Waals surface area contributed by atoms with E-state index in [4.69, 9.17) is 27.0 Å². The number of hydrogen-bond donors (Lipinski definition) is 0. The van der Waals surface area contributed by atoms with E-state index < -0.39 is 6.85 Å². The monoisotopic (exact) mass is 252 g/mol. The number of halogens is 2. The molecule has 4 aliphatic carbocycles. The minimum atomic E-state index is -1.22. The maximum absolute atomic E-state index is 5.85. The van der Waals surface area contributed by atoms with Gasteiger partial charge in [-0.1, -0.05) is 0 Å². The molecule has 0 spiro atoms. The van der Waals surface area contributed by atoms with Crippen LogP contribution in [-0.2, 0) is 4.52 Å². The molecule has 0 aromatic heterocycles. The Kier molecular flexibility index (Phi) is 2.52. The highest BCUT2D eigenvalue weighted by Gasteiger charge is 2.52. The molecular formula is C10H15Cl2OP. The van der Waals surface area contributed by atoms with Crippen LogP contribution in [0.3, 0.4) is 0 Å². The van der Waals surface area contributed by atoms with E-state index in [0.717, 1.165) is 17.8 Å². The second kappa shape index (κ2) is 3.48. The van der Waals surface area contributed by atoms with E-state index in [1.807, 2.05) is 0 Å². The summed E-state index contributed by atoms with van der Waals surface area (Å²) in [6, 6.07) is 0. The van der Waals surface area contributed by atoms with Crippen LogP contribution < -0.4 is 0 Å². The fourth-order valence-electron chi connectivity index (χ4n) is 4.29. The van der Waals surface area contributed by atoms with Crippen molar-refractivity contribution in [3.05, 3.63) is 0 Å². The third-order valence-corrected chi connectivity index (χ3v) is 5.18. The van der Waals surface area contributed by atoms with Crippen LogP contribution in [0, 0.1) is 17.8 Å². The molecule has 4 saturated carbocycles. The summed E-state index contributed by atoms with van der Waals surface area (Å²) in [5.41, 5.74) is 0.0873. The summed E-state index contributed by atoms with van der Waals surface area (Å²) < 4.78 is 5.85. The van der Waals surface area contributed by atoms with Gasteiger partial charge in [-0.25, -0.2) is 0 Å². The SMILES string of the molecule is ClP(Cl)OC12CC3CC(CC(C3)C1)C2. The van der Waals surface area contributed by atoms with Gasteiger partial charge in [0, 0.05) is 0 Å². The van der Waals surface area contributed by atoms with Crippen molar-refractivity contribution in [2.75, 3.05) is 0 Å². The van der Waals surface area contributed by atoms with Crippen LogP contribution in [0.1, 0.15) is 38.5 Å². The van der Waals surface area contributed by atoms with Crippen LogP contribution in [0.25, 0.3) is 0 Å². The van der Waals surface area contributed by atoms with Gasteiger partial charge in [0.05, 0.1) is 5.60 Å². The van der Waals surface area contributed by atoms with Crippen molar-refractivity contribution in [1.82, 2.24) is 0 Å². The van der Waals surface area contributed by atoms with Crippen LogP contribution in [0.4, 0.5) is 0 Å². The molecule has 0 aromatic carbocycles. The Bertz CT molecular complexity index is 203. The van der Waals surface area contributed by atoms with Crippen molar-refractivity contribution in [3.8, 4) is 0 Å². The topological polar surface area (TPSA) is 9.23 Å². The van der Waals surface area contributed by atoms with Gasteiger partial charge >= 0.3 is 0 Å². The minimum absolute atomic E-state index is 0.0873. The standard InChI is InChI=1S/C10H15Cl2OP/c11-14(12)13-10-4-7-1-8(5-10)3-9(2-7)6-10/h7-9H,1-6H2. The lowest BCUT2D eigenvalue weighted by Crippen LogP contribution is -2.51. The summed E-state index contributed by atoms with van der Waals surface area (Å²) in [7, 11) is 0.